The number of amides is 2. The third kappa shape index (κ3) is 5.20. The van der Waals surface area contributed by atoms with Crippen LogP contribution in [-0.4, -0.2) is 102 Å². The van der Waals surface area contributed by atoms with Gasteiger partial charge in [-0.05, 0) is 51.0 Å². The number of hydrogen-bond acceptors (Lipinski definition) is 11. The normalized spacial score (nSPS) is 24.7. The lowest BCUT2D eigenvalue weighted by atomic mass is 9.58. The lowest BCUT2D eigenvalue weighted by molar-refractivity contribution is -0.148. The number of hydrogen-bond donors (Lipinski definition) is 7. The zero-order valence-electron chi connectivity index (χ0n) is 23.8. The highest BCUT2D eigenvalue weighted by molar-refractivity contribution is 6.25. The van der Waals surface area contributed by atoms with Crippen molar-refractivity contribution >= 4 is 59.6 Å². The van der Waals surface area contributed by atoms with Crippen LogP contribution >= 0.6 is 24.8 Å². The van der Waals surface area contributed by atoms with Crippen molar-refractivity contribution in [2.24, 2.45) is 17.6 Å². The van der Waals surface area contributed by atoms with Crippen LogP contribution < -0.4 is 21.3 Å². The van der Waals surface area contributed by atoms with Gasteiger partial charge in [-0.25, -0.2) is 0 Å². The van der Waals surface area contributed by atoms with E-state index in [2.05, 4.69) is 10.6 Å². The van der Waals surface area contributed by atoms with Gasteiger partial charge in [0, 0.05) is 31.3 Å². The van der Waals surface area contributed by atoms with E-state index < -0.39 is 69.7 Å². The fraction of sp³-hybridized carbons (Fsp3) is 0.481. The number of benzene rings is 1. The predicted octanol–water partition coefficient (Wildman–Crippen LogP) is 0.578. The van der Waals surface area contributed by atoms with Gasteiger partial charge in [0.05, 0.1) is 23.8 Å². The number of aliphatic hydroxyl groups is 3. The van der Waals surface area contributed by atoms with E-state index in [1.54, 1.807) is 39.2 Å². The summed E-state index contributed by atoms with van der Waals surface area (Å²) in [5.74, 6) is -7.75. The number of nitrogens with one attached hydrogen (secondary N) is 2. The van der Waals surface area contributed by atoms with Crippen LogP contribution in [0.5, 0.6) is 5.75 Å². The summed E-state index contributed by atoms with van der Waals surface area (Å²) in [6, 6.07) is 0.487. The molecule has 232 valence electrons. The van der Waals surface area contributed by atoms with Crippen LogP contribution in [0, 0.1) is 11.8 Å². The van der Waals surface area contributed by atoms with E-state index in [1.807, 2.05) is 6.92 Å². The van der Waals surface area contributed by atoms with Gasteiger partial charge < -0.3 is 41.7 Å². The standard InChI is InChI=1S/C27H35N5O8.2ClH/c1-6-29-10-16(33)30-14-9-15(31(2)3)12-7-11-8-13-20(32(4)5)23(36)19(26(28)39)25(38)27(13,40)24(37)17(11)22(35)18(12)21(14)34;;/h9,11,13,20,29,34,36-37,40H,6-8,10H2,1-5H3,(H2,28,39)(H,30,33);2*1H/t11?,13?,20-,27-;;/m0../s1. The average molecular weight is 631 g/mol. The molecule has 4 rings (SSSR count). The fourth-order valence-corrected chi connectivity index (χ4v) is 6.23. The number of aliphatic hydroxyl groups excluding tert-OH is 2. The molecule has 0 bridgehead atoms. The van der Waals surface area contributed by atoms with Gasteiger partial charge in [0.25, 0.3) is 5.91 Å². The van der Waals surface area contributed by atoms with Crippen molar-refractivity contribution in [2.45, 2.75) is 31.4 Å². The van der Waals surface area contributed by atoms with E-state index in [0.29, 0.717) is 17.8 Å². The third-order valence-electron chi connectivity index (χ3n) is 7.99. The summed E-state index contributed by atoms with van der Waals surface area (Å²) in [7, 11) is 6.61. The number of primary amides is 1. The van der Waals surface area contributed by atoms with Crippen LogP contribution in [-0.2, 0) is 20.8 Å². The maximum atomic E-state index is 14.0. The summed E-state index contributed by atoms with van der Waals surface area (Å²) >= 11 is 0. The number of carbonyl (C=O) groups is 4. The number of ketones is 2. The Labute approximate surface area is 255 Å². The Bertz CT molecular complexity index is 1390. The number of nitrogens with zero attached hydrogens (tertiary/aromatic N) is 2. The highest BCUT2D eigenvalue weighted by Crippen LogP contribution is 2.53. The van der Waals surface area contributed by atoms with Gasteiger partial charge in [-0.3, -0.25) is 24.1 Å². The van der Waals surface area contributed by atoms with Gasteiger partial charge >= 0.3 is 0 Å². The van der Waals surface area contributed by atoms with Crippen molar-refractivity contribution < 1.29 is 39.6 Å². The average Bonchev–Trinajstić information content (AvgIpc) is 2.85. The minimum atomic E-state index is -2.72. The number of allylic oxidation sites excluding steroid dienone is 1. The van der Waals surface area contributed by atoms with Crippen LogP contribution in [0.2, 0.25) is 0 Å². The SMILES string of the molecule is CCNCC(=O)Nc1cc(N(C)C)c2c(c1O)C(=O)C1=C(O)[C@]3(O)C(=O)C(C(N)=O)=C(O)[C@@H](N(C)C)C3CC1C2.Cl.Cl. The first-order valence-corrected chi connectivity index (χ1v) is 12.9. The number of fused-ring (bicyclic) bond motifs is 3. The molecular formula is C27H37Cl2N5O8. The molecule has 0 heterocycles. The molecule has 0 fully saturated rings. The first-order valence-electron chi connectivity index (χ1n) is 12.9. The molecule has 0 aliphatic heterocycles. The number of phenols is 1. The Balaban J connectivity index is 0.00000308. The molecule has 3 aliphatic rings. The number of carbonyl (C=O) groups excluding carboxylic acids is 4. The maximum absolute atomic E-state index is 14.0. The predicted molar refractivity (Wildman–Crippen MR) is 160 cm³/mol. The number of Topliss-reactive ketones (excluding diaryl/α,β-unsaturated/α-hetero) is 2. The molecule has 2 unspecified atom stereocenters. The van der Waals surface area contributed by atoms with E-state index in [0.717, 1.165) is 0 Å². The third-order valence-corrected chi connectivity index (χ3v) is 7.99. The van der Waals surface area contributed by atoms with E-state index in [1.165, 1.54) is 4.90 Å². The molecular weight excluding hydrogens is 593 g/mol. The Hall–Kier alpha value is -3.36. The van der Waals surface area contributed by atoms with Gasteiger partial charge in [-0.15, -0.1) is 24.8 Å². The van der Waals surface area contributed by atoms with E-state index >= 15 is 0 Å². The molecule has 3 aliphatic carbocycles. The van der Waals surface area contributed by atoms with Crippen LogP contribution in [0.4, 0.5) is 11.4 Å². The van der Waals surface area contributed by atoms with Gasteiger partial charge in [0.15, 0.2) is 17.1 Å². The van der Waals surface area contributed by atoms with Crippen LogP contribution in [0.25, 0.3) is 0 Å². The summed E-state index contributed by atoms with van der Waals surface area (Å²) < 4.78 is 0. The summed E-state index contributed by atoms with van der Waals surface area (Å²) in [4.78, 5) is 55.1. The Morgan fingerprint density at radius 1 is 1.12 bits per heavy atom. The van der Waals surface area contributed by atoms with Crippen LogP contribution in [0.3, 0.4) is 0 Å². The van der Waals surface area contributed by atoms with Gasteiger partial charge in [0.2, 0.25) is 11.7 Å². The second-order valence-electron chi connectivity index (χ2n) is 10.8. The Morgan fingerprint density at radius 2 is 1.74 bits per heavy atom. The fourth-order valence-electron chi connectivity index (χ4n) is 6.23. The summed E-state index contributed by atoms with van der Waals surface area (Å²) in [5, 5.41) is 50.6. The minimum Gasteiger partial charge on any atom is -0.510 e. The van der Waals surface area contributed by atoms with Gasteiger partial charge in [0.1, 0.15) is 17.1 Å². The van der Waals surface area contributed by atoms with Crippen LogP contribution in [0.15, 0.2) is 28.7 Å². The number of nitrogens with two attached hydrogens (primary N) is 1. The number of likely N-dealkylation sites (N-methyl/N-ethyl adjacent to an activating group) is 2. The molecule has 0 saturated heterocycles. The molecule has 0 aromatic heterocycles. The zero-order chi connectivity index (χ0) is 29.8. The molecule has 0 spiro atoms. The molecule has 8 N–H and O–H groups in total. The summed E-state index contributed by atoms with van der Waals surface area (Å²) in [5.41, 5.74) is 2.32. The highest BCUT2D eigenvalue weighted by Gasteiger charge is 2.63. The largest absolute Gasteiger partial charge is 0.510 e. The van der Waals surface area contributed by atoms with E-state index in [4.69, 9.17) is 5.73 Å². The Morgan fingerprint density at radius 3 is 2.26 bits per heavy atom. The van der Waals surface area contributed by atoms with Crippen LogP contribution in [0.1, 0.15) is 29.3 Å². The quantitative estimate of drug-likeness (QED) is 0.164. The van der Waals surface area contributed by atoms with Crippen molar-refractivity contribution in [3.63, 3.8) is 0 Å². The van der Waals surface area contributed by atoms with Crippen molar-refractivity contribution in [1.29, 1.82) is 0 Å². The topological polar surface area (TPSA) is 206 Å². The lowest BCUT2D eigenvalue weighted by Crippen LogP contribution is -2.63. The summed E-state index contributed by atoms with van der Waals surface area (Å²) in [6.45, 7) is 2.34. The number of anilines is 2. The second-order valence-corrected chi connectivity index (χ2v) is 10.8. The highest BCUT2D eigenvalue weighted by atomic mass is 35.5. The van der Waals surface area contributed by atoms with Crippen molar-refractivity contribution in [1.82, 2.24) is 10.2 Å². The van der Waals surface area contributed by atoms with Gasteiger partial charge in [-0.1, -0.05) is 6.92 Å². The molecule has 13 nitrogen and oxygen atoms in total. The smallest absolute Gasteiger partial charge is 0.255 e. The molecule has 0 radical (unpaired) electrons. The Kier molecular flexibility index (Phi) is 10.3. The monoisotopic (exact) mass is 629 g/mol. The van der Waals surface area contributed by atoms with Crippen molar-refractivity contribution in [3.8, 4) is 5.75 Å². The van der Waals surface area contributed by atoms with Crippen molar-refractivity contribution in [3.05, 3.63) is 39.9 Å². The lowest BCUT2D eigenvalue weighted by Gasteiger charge is -2.50. The minimum absolute atomic E-state index is 0. The summed E-state index contributed by atoms with van der Waals surface area (Å²) in [6.07, 6.45) is 0.127. The zero-order valence-corrected chi connectivity index (χ0v) is 25.5. The first-order chi connectivity index (χ1) is 18.7. The number of rotatable bonds is 7. The molecule has 0 saturated carbocycles. The van der Waals surface area contributed by atoms with E-state index in [-0.39, 0.29) is 61.0 Å². The molecule has 4 atom stereocenters. The molecule has 15 heteroatoms. The molecule has 2 amide bonds. The van der Waals surface area contributed by atoms with Gasteiger partial charge in [-0.2, -0.15) is 0 Å². The maximum Gasteiger partial charge on any atom is 0.255 e. The number of phenolic OH excluding ortho intramolecular Hbond substituents is 1. The number of halogens is 2. The molecule has 42 heavy (non-hydrogen) atoms. The number of aromatic hydroxyl groups is 1. The molecule has 1 aromatic rings. The van der Waals surface area contributed by atoms with E-state index in [9.17, 15) is 39.6 Å². The molecule has 1 aromatic carbocycles. The van der Waals surface area contributed by atoms with Crippen molar-refractivity contribution in [2.75, 3.05) is 51.5 Å². The first kappa shape index (κ1) is 34.8. The second kappa shape index (κ2) is 12.5.